The van der Waals surface area contributed by atoms with Crippen molar-refractivity contribution < 1.29 is 19.1 Å². The second-order valence-corrected chi connectivity index (χ2v) is 7.07. The van der Waals surface area contributed by atoms with Gasteiger partial charge in [-0.25, -0.2) is 9.78 Å². The quantitative estimate of drug-likeness (QED) is 0.791. The summed E-state index contributed by atoms with van der Waals surface area (Å²) in [7, 11) is 1.41. The molecule has 1 aromatic heterocycles. The standard InChI is InChI=1S/C18H26N2O4/c1-18(2,3)24-17(22)20(15-7-5-6-12-19-15)14-10-8-13(9-11-14)16(21)23-4/h5-7,12-14H,8-11H2,1-4H3/t13-,14+. The minimum absolute atomic E-state index is 0.0318. The second kappa shape index (κ2) is 7.64. The van der Waals surface area contributed by atoms with Crippen LogP contribution >= 0.6 is 0 Å². The van der Waals surface area contributed by atoms with E-state index in [9.17, 15) is 9.59 Å². The van der Waals surface area contributed by atoms with E-state index in [0.717, 1.165) is 12.8 Å². The SMILES string of the molecule is COC(=O)[C@H]1CC[C@@H](N(C(=O)OC(C)(C)C)c2ccccn2)CC1. The number of pyridine rings is 1. The van der Waals surface area contributed by atoms with E-state index >= 15 is 0 Å². The average molecular weight is 334 g/mol. The Bertz CT molecular complexity index is 560. The van der Waals surface area contributed by atoms with Crippen LogP contribution in [0.15, 0.2) is 24.4 Å². The van der Waals surface area contributed by atoms with Crippen LogP contribution in [-0.4, -0.2) is 35.8 Å². The molecule has 24 heavy (non-hydrogen) atoms. The van der Waals surface area contributed by atoms with Crippen LogP contribution < -0.4 is 4.90 Å². The molecule has 1 aliphatic rings. The van der Waals surface area contributed by atoms with Crippen LogP contribution in [-0.2, 0) is 14.3 Å². The van der Waals surface area contributed by atoms with Crippen LogP contribution in [0.5, 0.6) is 0 Å². The molecule has 0 N–H and O–H groups in total. The highest BCUT2D eigenvalue weighted by atomic mass is 16.6. The first-order valence-corrected chi connectivity index (χ1v) is 8.33. The van der Waals surface area contributed by atoms with Gasteiger partial charge in [0.1, 0.15) is 11.4 Å². The molecule has 1 aromatic rings. The Kier molecular flexibility index (Phi) is 5.80. The van der Waals surface area contributed by atoms with E-state index in [0.29, 0.717) is 18.7 Å². The molecule has 1 heterocycles. The van der Waals surface area contributed by atoms with Gasteiger partial charge in [0.25, 0.3) is 0 Å². The summed E-state index contributed by atoms with van der Waals surface area (Å²) in [4.78, 5) is 30.3. The highest BCUT2D eigenvalue weighted by Crippen LogP contribution is 2.31. The fourth-order valence-electron chi connectivity index (χ4n) is 2.97. The van der Waals surface area contributed by atoms with Crippen molar-refractivity contribution >= 4 is 17.9 Å². The number of carbonyl (C=O) groups excluding carboxylic acids is 2. The van der Waals surface area contributed by atoms with Crippen molar-refractivity contribution in [3.63, 3.8) is 0 Å². The van der Waals surface area contributed by atoms with Crippen molar-refractivity contribution in [1.29, 1.82) is 0 Å². The van der Waals surface area contributed by atoms with Crippen LogP contribution in [0.25, 0.3) is 0 Å². The van der Waals surface area contributed by atoms with E-state index in [1.807, 2.05) is 32.9 Å². The number of ether oxygens (including phenoxy) is 2. The Morgan fingerprint density at radius 2 is 1.83 bits per heavy atom. The maximum atomic E-state index is 12.7. The number of methoxy groups -OCH3 is 1. The van der Waals surface area contributed by atoms with E-state index in [2.05, 4.69) is 4.98 Å². The van der Waals surface area contributed by atoms with Gasteiger partial charge in [-0.3, -0.25) is 9.69 Å². The maximum Gasteiger partial charge on any atom is 0.416 e. The lowest BCUT2D eigenvalue weighted by atomic mass is 9.85. The molecule has 2 rings (SSSR count). The van der Waals surface area contributed by atoms with E-state index in [1.54, 1.807) is 17.2 Å². The molecule has 6 nitrogen and oxygen atoms in total. The van der Waals surface area contributed by atoms with Gasteiger partial charge in [0.15, 0.2) is 0 Å². The summed E-state index contributed by atoms with van der Waals surface area (Å²) in [5.41, 5.74) is -0.576. The van der Waals surface area contributed by atoms with Crippen molar-refractivity contribution in [2.45, 2.75) is 58.1 Å². The number of esters is 1. The van der Waals surface area contributed by atoms with Gasteiger partial charge in [0.2, 0.25) is 0 Å². The largest absolute Gasteiger partial charge is 0.469 e. The number of carbonyl (C=O) groups is 2. The Morgan fingerprint density at radius 1 is 1.17 bits per heavy atom. The molecule has 0 aromatic carbocycles. The molecule has 0 atom stereocenters. The molecule has 0 unspecified atom stereocenters. The number of aromatic nitrogens is 1. The number of rotatable bonds is 3. The third kappa shape index (κ3) is 4.69. The van der Waals surface area contributed by atoms with Gasteiger partial charge in [-0.1, -0.05) is 6.07 Å². The minimum Gasteiger partial charge on any atom is -0.469 e. The summed E-state index contributed by atoms with van der Waals surface area (Å²) in [5.74, 6) is 0.318. The van der Waals surface area contributed by atoms with Crippen molar-refractivity contribution in [2.75, 3.05) is 12.0 Å². The molecule has 0 spiro atoms. The van der Waals surface area contributed by atoms with Crippen LogP contribution in [0.1, 0.15) is 46.5 Å². The highest BCUT2D eigenvalue weighted by molar-refractivity contribution is 5.87. The van der Waals surface area contributed by atoms with E-state index in [-0.39, 0.29) is 17.9 Å². The topological polar surface area (TPSA) is 68.7 Å². The molecular weight excluding hydrogens is 308 g/mol. The van der Waals surface area contributed by atoms with Gasteiger partial charge >= 0.3 is 12.1 Å². The summed E-state index contributed by atoms with van der Waals surface area (Å²) in [6.45, 7) is 5.53. The van der Waals surface area contributed by atoms with Crippen LogP contribution in [0.3, 0.4) is 0 Å². The molecule has 0 radical (unpaired) electrons. The summed E-state index contributed by atoms with van der Waals surface area (Å²) < 4.78 is 10.4. The van der Waals surface area contributed by atoms with Crippen molar-refractivity contribution in [1.82, 2.24) is 4.98 Å². The fraction of sp³-hybridized carbons (Fsp3) is 0.611. The molecule has 0 aliphatic heterocycles. The Balaban J connectivity index is 2.15. The van der Waals surface area contributed by atoms with Gasteiger partial charge in [0.05, 0.1) is 13.0 Å². The van der Waals surface area contributed by atoms with E-state index in [4.69, 9.17) is 9.47 Å². The summed E-state index contributed by atoms with van der Waals surface area (Å²) >= 11 is 0. The molecule has 6 heteroatoms. The van der Waals surface area contributed by atoms with Crippen molar-refractivity contribution in [3.8, 4) is 0 Å². The first-order valence-electron chi connectivity index (χ1n) is 8.33. The van der Waals surface area contributed by atoms with E-state index < -0.39 is 11.7 Å². The zero-order valence-corrected chi connectivity index (χ0v) is 14.8. The van der Waals surface area contributed by atoms with Gasteiger partial charge in [-0.05, 0) is 58.6 Å². The molecular formula is C18H26N2O4. The van der Waals surface area contributed by atoms with Crippen LogP contribution in [0.4, 0.5) is 10.6 Å². The highest BCUT2D eigenvalue weighted by Gasteiger charge is 2.35. The number of hydrogen-bond donors (Lipinski definition) is 0. The first-order chi connectivity index (χ1) is 11.3. The molecule has 0 saturated heterocycles. The van der Waals surface area contributed by atoms with Crippen molar-refractivity contribution in [3.05, 3.63) is 24.4 Å². The lowest BCUT2D eigenvalue weighted by Gasteiger charge is -2.36. The Hall–Kier alpha value is -2.11. The fourth-order valence-corrected chi connectivity index (χ4v) is 2.97. The predicted octanol–water partition coefficient (Wildman–Crippen LogP) is 3.55. The first kappa shape index (κ1) is 18.2. The third-order valence-corrected chi connectivity index (χ3v) is 4.08. The second-order valence-electron chi connectivity index (χ2n) is 7.07. The molecule has 1 aliphatic carbocycles. The zero-order chi connectivity index (χ0) is 17.7. The minimum atomic E-state index is -0.576. The maximum absolute atomic E-state index is 12.7. The summed E-state index contributed by atoms with van der Waals surface area (Å²) in [5, 5.41) is 0. The zero-order valence-electron chi connectivity index (χ0n) is 14.8. The number of amides is 1. The molecule has 0 bridgehead atoms. The van der Waals surface area contributed by atoms with Crippen molar-refractivity contribution in [2.24, 2.45) is 5.92 Å². The van der Waals surface area contributed by atoms with E-state index in [1.165, 1.54) is 7.11 Å². The lowest BCUT2D eigenvalue weighted by molar-refractivity contribution is -0.146. The van der Waals surface area contributed by atoms with Gasteiger partial charge < -0.3 is 9.47 Å². The Labute approximate surface area is 143 Å². The average Bonchev–Trinajstić information content (AvgIpc) is 2.54. The monoisotopic (exact) mass is 334 g/mol. The summed E-state index contributed by atoms with van der Waals surface area (Å²) in [6, 6.07) is 5.43. The number of nitrogens with zero attached hydrogens (tertiary/aromatic N) is 2. The molecule has 1 fully saturated rings. The molecule has 1 saturated carbocycles. The number of anilines is 1. The summed E-state index contributed by atoms with van der Waals surface area (Å²) in [6.07, 6.45) is 4.09. The van der Waals surface area contributed by atoms with Gasteiger partial charge in [0, 0.05) is 12.2 Å². The van der Waals surface area contributed by atoms with Gasteiger partial charge in [-0.15, -0.1) is 0 Å². The lowest BCUT2D eigenvalue weighted by Crippen LogP contribution is -2.46. The van der Waals surface area contributed by atoms with Gasteiger partial charge in [-0.2, -0.15) is 0 Å². The normalized spacial score (nSPS) is 21.0. The van der Waals surface area contributed by atoms with Crippen LogP contribution in [0, 0.1) is 5.92 Å². The van der Waals surface area contributed by atoms with Crippen LogP contribution in [0.2, 0.25) is 0 Å². The predicted molar refractivity (Wildman–Crippen MR) is 90.7 cm³/mol. The number of hydrogen-bond acceptors (Lipinski definition) is 5. The smallest absolute Gasteiger partial charge is 0.416 e. The third-order valence-electron chi connectivity index (χ3n) is 4.08. The molecule has 132 valence electrons. The Morgan fingerprint density at radius 3 is 2.33 bits per heavy atom. The molecule has 1 amide bonds.